The number of nitrogens with zero attached hydrogens (tertiary/aromatic N) is 1. The van der Waals surface area contributed by atoms with Crippen molar-refractivity contribution in [3.8, 4) is 22.6 Å². The second-order valence-corrected chi connectivity index (χ2v) is 6.56. The molecule has 3 aromatic carbocycles. The lowest BCUT2D eigenvalue weighted by Gasteiger charge is -2.13. The van der Waals surface area contributed by atoms with Crippen molar-refractivity contribution in [3.05, 3.63) is 60.3 Å². The lowest BCUT2D eigenvalue weighted by atomic mass is 9.95. The number of carboxylic acid groups (broad SMARTS) is 1. The lowest BCUT2D eigenvalue weighted by Crippen LogP contribution is -2.03. The minimum Gasteiger partial charge on any atom is -0.493 e. The highest BCUT2D eigenvalue weighted by Crippen LogP contribution is 2.37. The molecule has 6 heteroatoms. The molecule has 0 aliphatic carbocycles. The maximum Gasteiger partial charge on any atom is 0.338 e. The smallest absolute Gasteiger partial charge is 0.338 e. The van der Waals surface area contributed by atoms with Crippen LogP contribution in [0.3, 0.4) is 0 Å². The van der Waals surface area contributed by atoms with Gasteiger partial charge in [-0.2, -0.15) is 0 Å². The number of methoxy groups -OCH3 is 2. The number of hydrogen-bond donors (Lipinski definition) is 2. The van der Waals surface area contributed by atoms with Gasteiger partial charge in [-0.15, -0.1) is 0 Å². The molecule has 29 heavy (non-hydrogen) atoms. The van der Waals surface area contributed by atoms with Gasteiger partial charge >= 0.3 is 5.97 Å². The normalized spacial score (nSPS) is 10.9. The van der Waals surface area contributed by atoms with Crippen LogP contribution in [0.5, 0.6) is 11.5 Å². The van der Waals surface area contributed by atoms with E-state index in [4.69, 9.17) is 9.47 Å². The van der Waals surface area contributed by atoms with Crippen LogP contribution in [0, 0.1) is 0 Å². The van der Waals surface area contributed by atoms with E-state index >= 15 is 0 Å². The lowest BCUT2D eigenvalue weighted by molar-refractivity contribution is 0.0700. The minimum absolute atomic E-state index is 0.266. The summed E-state index contributed by atoms with van der Waals surface area (Å²) in [7, 11) is 4.91. The number of ether oxygens (including phenoxy) is 2. The molecule has 0 atom stereocenters. The molecule has 1 heterocycles. The third kappa shape index (κ3) is 3.08. The van der Waals surface area contributed by atoms with Crippen LogP contribution < -0.4 is 14.8 Å². The highest BCUT2D eigenvalue weighted by atomic mass is 16.5. The summed E-state index contributed by atoms with van der Waals surface area (Å²) in [5.41, 5.74) is 3.58. The van der Waals surface area contributed by atoms with Crippen LogP contribution in [0.25, 0.3) is 32.8 Å². The summed E-state index contributed by atoms with van der Waals surface area (Å²) in [6.45, 7) is 0. The van der Waals surface area contributed by atoms with E-state index in [1.807, 2.05) is 42.5 Å². The summed E-state index contributed by atoms with van der Waals surface area (Å²) in [6.07, 6.45) is 1.75. The standard InChI is InChI=1S/C23H20N2O4/c1-24-18-7-5-14-10-13(4-6-16(14)22(18)23(26)27)15-8-9-25-19-12-21(29-3)20(28-2)11-17(15)19/h4-12,24H,1-3H3,(H,26,27). The van der Waals surface area contributed by atoms with Crippen molar-refractivity contribution in [2.45, 2.75) is 0 Å². The van der Waals surface area contributed by atoms with Crippen molar-refractivity contribution in [1.29, 1.82) is 0 Å². The van der Waals surface area contributed by atoms with Crippen LogP contribution in [0.15, 0.2) is 54.7 Å². The Kier molecular flexibility index (Phi) is 4.68. The first-order valence-corrected chi connectivity index (χ1v) is 9.06. The van der Waals surface area contributed by atoms with Crippen molar-refractivity contribution in [2.24, 2.45) is 0 Å². The number of anilines is 1. The van der Waals surface area contributed by atoms with Gasteiger partial charge in [-0.3, -0.25) is 4.98 Å². The summed E-state index contributed by atoms with van der Waals surface area (Å²) in [4.78, 5) is 16.2. The van der Waals surface area contributed by atoms with Gasteiger partial charge in [0.05, 0.1) is 25.3 Å². The van der Waals surface area contributed by atoms with E-state index < -0.39 is 5.97 Å². The largest absolute Gasteiger partial charge is 0.493 e. The maximum absolute atomic E-state index is 11.8. The number of carboxylic acids is 1. The van der Waals surface area contributed by atoms with Crippen LogP contribution >= 0.6 is 0 Å². The first-order chi connectivity index (χ1) is 14.1. The summed E-state index contributed by atoms with van der Waals surface area (Å²) in [6, 6.07) is 15.2. The van der Waals surface area contributed by atoms with Crippen molar-refractivity contribution in [3.63, 3.8) is 0 Å². The molecule has 6 nitrogen and oxygen atoms in total. The SMILES string of the molecule is CNc1ccc2cc(-c3ccnc4cc(OC)c(OC)cc34)ccc2c1C(=O)O. The Hall–Kier alpha value is -3.80. The van der Waals surface area contributed by atoms with Gasteiger partial charge in [-0.05, 0) is 46.2 Å². The molecular weight excluding hydrogens is 368 g/mol. The van der Waals surface area contributed by atoms with Crippen LogP contribution in [-0.4, -0.2) is 37.3 Å². The third-order valence-corrected chi connectivity index (χ3v) is 5.06. The molecule has 0 saturated carbocycles. The zero-order valence-electron chi connectivity index (χ0n) is 16.3. The van der Waals surface area contributed by atoms with Crippen molar-refractivity contribution < 1.29 is 19.4 Å². The fourth-order valence-corrected chi connectivity index (χ4v) is 3.66. The highest BCUT2D eigenvalue weighted by Gasteiger charge is 2.16. The summed E-state index contributed by atoms with van der Waals surface area (Å²) in [5.74, 6) is 0.287. The molecule has 0 radical (unpaired) electrons. The zero-order valence-corrected chi connectivity index (χ0v) is 16.3. The van der Waals surface area contributed by atoms with Gasteiger partial charge in [0.15, 0.2) is 11.5 Å². The molecule has 0 aliphatic heterocycles. The predicted octanol–water partition coefficient (Wildman–Crippen LogP) is 4.81. The van der Waals surface area contributed by atoms with Crippen LogP contribution in [-0.2, 0) is 0 Å². The van der Waals surface area contributed by atoms with E-state index in [-0.39, 0.29) is 5.56 Å². The average molecular weight is 388 g/mol. The van der Waals surface area contributed by atoms with Crippen molar-refractivity contribution in [2.75, 3.05) is 26.6 Å². The summed E-state index contributed by atoms with van der Waals surface area (Å²) < 4.78 is 10.8. The molecule has 146 valence electrons. The number of benzene rings is 3. The Balaban J connectivity index is 1.95. The van der Waals surface area contributed by atoms with Crippen LogP contribution in [0.1, 0.15) is 10.4 Å². The molecular formula is C23H20N2O4. The van der Waals surface area contributed by atoms with Crippen LogP contribution in [0.4, 0.5) is 5.69 Å². The molecule has 0 fully saturated rings. The monoisotopic (exact) mass is 388 g/mol. The van der Waals surface area contributed by atoms with Crippen LogP contribution in [0.2, 0.25) is 0 Å². The Bertz CT molecular complexity index is 1250. The Morgan fingerprint density at radius 2 is 1.72 bits per heavy atom. The Morgan fingerprint density at radius 3 is 2.41 bits per heavy atom. The Labute approximate surface area is 167 Å². The van der Waals surface area contributed by atoms with Gasteiger partial charge in [-0.25, -0.2) is 4.79 Å². The van der Waals surface area contributed by atoms with Gasteiger partial charge in [0.2, 0.25) is 0 Å². The quantitative estimate of drug-likeness (QED) is 0.511. The van der Waals surface area contributed by atoms with Gasteiger partial charge in [0.1, 0.15) is 0 Å². The topological polar surface area (TPSA) is 80.7 Å². The number of nitrogens with one attached hydrogen (secondary N) is 1. The first-order valence-electron chi connectivity index (χ1n) is 9.06. The molecule has 4 aromatic rings. The fourth-order valence-electron chi connectivity index (χ4n) is 3.66. The molecule has 4 rings (SSSR count). The van der Waals surface area contributed by atoms with Gasteiger partial charge < -0.3 is 19.9 Å². The number of fused-ring (bicyclic) bond motifs is 2. The third-order valence-electron chi connectivity index (χ3n) is 5.06. The molecule has 0 saturated heterocycles. The molecule has 0 amide bonds. The number of aromatic carboxylic acids is 1. The number of carbonyl (C=O) groups is 1. The maximum atomic E-state index is 11.8. The minimum atomic E-state index is -0.959. The van der Waals surface area contributed by atoms with E-state index in [1.54, 1.807) is 33.5 Å². The number of rotatable bonds is 5. The Morgan fingerprint density at radius 1 is 0.966 bits per heavy atom. The second kappa shape index (κ2) is 7.31. The van der Waals surface area contributed by atoms with Gasteiger partial charge in [-0.1, -0.05) is 18.2 Å². The van der Waals surface area contributed by atoms with E-state index in [0.717, 1.165) is 27.4 Å². The predicted molar refractivity (Wildman–Crippen MR) is 114 cm³/mol. The number of hydrogen-bond acceptors (Lipinski definition) is 5. The van der Waals surface area contributed by atoms with E-state index in [0.29, 0.717) is 22.6 Å². The highest BCUT2D eigenvalue weighted by molar-refractivity contribution is 6.10. The van der Waals surface area contributed by atoms with E-state index in [1.165, 1.54) is 0 Å². The van der Waals surface area contributed by atoms with Crippen molar-refractivity contribution in [1.82, 2.24) is 4.98 Å². The molecule has 1 aromatic heterocycles. The van der Waals surface area contributed by atoms with E-state index in [2.05, 4.69) is 10.3 Å². The zero-order chi connectivity index (χ0) is 20.5. The first kappa shape index (κ1) is 18.6. The molecule has 0 unspecified atom stereocenters. The van der Waals surface area contributed by atoms with Crippen molar-refractivity contribution >= 4 is 33.3 Å². The molecule has 2 N–H and O–H groups in total. The molecule has 0 spiro atoms. The molecule has 0 bridgehead atoms. The number of pyridine rings is 1. The number of aromatic nitrogens is 1. The summed E-state index contributed by atoms with van der Waals surface area (Å²) in [5, 5.41) is 15.1. The second-order valence-electron chi connectivity index (χ2n) is 6.56. The molecule has 0 aliphatic rings. The van der Waals surface area contributed by atoms with E-state index in [9.17, 15) is 9.90 Å². The fraction of sp³-hybridized carbons (Fsp3) is 0.130. The average Bonchev–Trinajstić information content (AvgIpc) is 2.76. The van der Waals surface area contributed by atoms with Gasteiger partial charge in [0.25, 0.3) is 0 Å². The summed E-state index contributed by atoms with van der Waals surface area (Å²) >= 11 is 0. The van der Waals surface area contributed by atoms with Gasteiger partial charge in [0, 0.05) is 30.4 Å².